The van der Waals surface area contributed by atoms with Gasteiger partial charge < -0.3 is 19.2 Å². The number of benzene rings is 2. The molecule has 1 amide bonds. The highest BCUT2D eigenvalue weighted by Crippen LogP contribution is 2.29. The van der Waals surface area contributed by atoms with Crippen LogP contribution in [-0.2, 0) is 9.53 Å². The summed E-state index contributed by atoms with van der Waals surface area (Å²) >= 11 is 0. The van der Waals surface area contributed by atoms with Crippen LogP contribution in [0.15, 0.2) is 46.9 Å². The molecule has 0 unspecified atom stereocenters. The minimum atomic E-state index is -0.744. The van der Waals surface area contributed by atoms with Gasteiger partial charge in [-0.2, -0.15) is 5.26 Å². The number of carbonyl (C=O) groups is 2. The van der Waals surface area contributed by atoms with E-state index in [1.165, 1.54) is 0 Å². The second kappa shape index (κ2) is 7.62. The zero-order valence-electron chi connectivity index (χ0n) is 14.7. The van der Waals surface area contributed by atoms with Gasteiger partial charge in [-0.15, -0.1) is 0 Å². The maximum Gasteiger partial charge on any atom is 0.375 e. The van der Waals surface area contributed by atoms with Crippen molar-refractivity contribution in [3.05, 3.63) is 59.4 Å². The number of carbonyl (C=O) groups excluding carboxylic acids is 2. The van der Waals surface area contributed by atoms with E-state index < -0.39 is 18.5 Å². The van der Waals surface area contributed by atoms with Crippen molar-refractivity contribution in [2.75, 3.05) is 19.0 Å². The van der Waals surface area contributed by atoms with Gasteiger partial charge >= 0.3 is 5.97 Å². The predicted molar refractivity (Wildman–Crippen MR) is 97.6 cm³/mol. The van der Waals surface area contributed by atoms with Crippen LogP contribution in [0.25, 0.3) is 11.0 Å². The van der Waals surface area contributed by atoms with Crippen molar-refractivity contribution in [3.8, 4) is 11.8 Å². The lowest BCUT2D eigenvalue weighted by atomic mass is 10.1. The van der Waals surface area contributed by atoms with Gasteiger partial charge in [-0.1, -0.05) is 12.1 Å². The molecule has 3 aromatic rings. The molecule has 1 N–H and O–H groups in total. The molecule has 0 saturated carbocycles. The van der Waals surface area contributed by atoms with Crippen molar-refractivity contribution in [1.29, 1.82) is 5.26 Å². The summed E-state index contributed by atoms with van der Waals surface area (Å²) in [6.45, 7) is 1.23. The van der Waals surface area contributed by atoms with E-state index in [1.54, 1.807) is 56.5 Å². The maximum atomic E-state index is 12.3. The quantitative estimate of drug-likeness (QED) is 0.696. The maximum absolute atomic E-state index is 12.3. The average molecular weight is 364 g/mol. The smallest absolute Gasteiger partial charge is 0.375 e. The van der Waals surface area contributed by atoms with Gasteiger partial charge in [-0.3, -0.25) is 4.79 Å². The number of nitrogens with one attached hydrogen (secondary N) is 1. The molecule has 0 aliphatic heterocycles. The molecule has 0 fully saturated rings. The van der Waals surface area contributed by atoms with E-state index in [-0.39, 0.29) is 5.76 Å². The Hall–Kier alpha value is -3.79. The van der Waals surface area contributed by atoms with Crippen LogP contribution in [0.4, 0.5) is 5.69 Å². The number of anilines is 1. The van der Waals surface area contributed by atoms with Crippen molar-refractivity contribution in [2.45, 2.75) is 6.92 Å². The van der Waals surface area contributed by atoms with E-state index in [1.807, 2.05) is 6.07 Å². The standard InChI is InChI=1S/C20H16N2O5/c1-12-15-9-14(25-2)7-8-17(15)27-19(12)20(24)26-11-18(23)22-16-6-4-3-5-13(16)10-21/h3-9H,11H2,1-2H3,(H,22,23). The number of esters is 1. The number of rotatable bonds is 5. The van der Waals surface area contributed by atoms with Crippen molar-refractivity contribution in [1.82, 2.24) is 0 Å². The van der Waals surface area contributed by atoms with E-state index in [0.717, 1.165) is 5.39 Å². The zero-order valence-corrected chi connectivity index (χ0v) is 14.7. The first kappa shape index (κ1) is 18.0. The summed E-state index contributed by atoms with van der Waals surface area (Å²) in [6, 6.07) is 13.7. The largest absolute Gasteiger partial charge is 0.497 e. The molecule has 0 atom stereocenters. The highest BCUT2D eigenvalue weighted by molar-refractivity contribution is 5.98. The Morgan fingerprint density at radius 2 is 2.00 bits per heavy atom. The molecule has 0 bridgehead atoms. The third-order valence-corrected chi connectivity index (χ3v) is 3.98. The molecule has 0 spiro atoms. The number of methoxy groups -OCH3 is 1. The van der Waals surface area contributed by atoms with Crippen molar-refractivity contribution in [2.24, 2.45) is 0 Å². The van der Waals surface area contributed by atoms with Crippen molar-refractivity contribution >= 4 is 28.5 Å². The zero-order chi connectivity index (χ0) is 19.4. The summed E-state index contributed by atoms with van der Waals surface area (Å²) < 4.78 is 15.8. The number of ether oxygens (including phenoxy) is 2. The van der Waals surface area contributed by atoms with Crippen LogP contribution in [0.2, 0.25) is 0 Å². The molecule has 136 valence electrons. The van der Waals surface area contributed by atoms with Gasteiger partial charge in [0.05, 0.1) is 18.4 Å². The molecular weight excluding hydrogens is 348 g/mol. The number of para-hydroxylation sites is 1. The van der Waals surface area contributed by atoms with Gasteiger partial charge in [0, 0.05) is 10.9 Å². The van der Waals surface area contributed by atoms with E-state index in [0.29, 0.717) is 28.1 Å². The highest BCUT2D eigenvalue weighted by Gasteiger charge is 2.20. The van der Waals surface area contributed by atoms with Crippen LogP contribution in [0.5, 0.6) is 5.75 Å². The Morgan fingerprint density at radius 1 is 1.22 bits per heavy atom. The second-order valence-electron chi connectivity index (χ2n) is 5.70. The Balaban J connectivity index is 1.69. The number of hydrogen-bond acceptors (Lipinski definition) is 6. The minimum Gasteiger partial charge on any atom is -0.497 e. The van der Waals surface area contributed by atoms with Gasteiger partial charge in [0.25, 0.3) is 5.91 Å². The summed E-state index contributed by atoms with van der Waals surface area (Å²) in [7, 11) is 1.55. The molecule has 0 aliphatic carbocycles. The summed E-state index contributed by atoms with van der Waals surface area (Å²) in [5.41, 5.74) is 1.80. The van der Waals surface area contributed by atoms with Crippen LogP contribution in [0, 0.1) is 18.3 Å². The molecule has 0 aliphatic rings. The number of nitrogens with zero attached hydrogens (tertiary/aromatic N) is 1. The van der Waals surface area contributed by atoms with E-state index in [4.69, 9.17) is 19.2 Å². The number of nitriles is 1. The topological polar surface area (TPSA) is 102 Å². The fourth-order valence-corrected chi connectivity index (χ4v) is 2.59. The van der Waals surface area contributed by atoms with Gasteiger partial charge in [-0.05, 0) is 37.3 Å². The fraction of sp³-hybridized carbons (Fsp3) is 0.150. The van der Waals surface area contributed by atoms with Gasteiger partial charge in [0.15, 0.2) is 6.61 Å². The van der Waals surface area contributed by atoms with Crippen LogP contribution < -0.4 is 10.1 Å². The SMILES string of the molecule is COc1ccc2oc(C(=O)OCC(=O)Nc3ccccc3C#N)c(C)c2c1. The molecule has 1 heterocycles. The molecule has 1 aromatic heterocycles. The van der Waals surface area contributed by atoms with Gasteiger partial charge in [0.1, 0.15) is 17.4 Å². The average Bonchev–Trinajstić information content (AvgIpc) is 3.02. The Bertz CT molecular complexity index is 1060. The van der Waals surface area contributed by atoms with Crippen LogP contribution >= 0.6 is 0 Å². The van der Waals surface area contributed by atoms with Gasteiger partial charge in [0.2, 0.25) is 5.76 Å². The van der Waals surface area contributed by atoms with E-state index in [9.17, 15) is 9.59 Å². The van der Waals surface area contributed by atoms with Crippen LogP contribution in [0.1, 0.15) is 21.7 Å². The predicted octanol–water partition coefficient (Wildman–Crippen LogP) is 3.42. The van der Waals surface area contributed by atoms with E-state index in [2.05, 4.69) is 5.32 Å². The van der Waals surface area contributed by atoms with Gasteiger partial charge in [-0.25, -0.2) is 4.79 Å². The first-order valence-corrected chi connectivity index (χ1v) is 8.06. The monoisotopic (exact) mass is 364 g/mol. The third kappa shape index (κ3) is 3.75. The lowest BCUT2D eigenvalue weighted by Gasteiger charge is -2.07. The molecule has 3 rings (SSSR count). The number of aryl methyl sites for hydroxylation is 1. The highest BCUT2D eigenvalue weighted by atomic mass is 16.5. The number of amides is 1. The molecule has 0 saturated heterocycles. The number of fused-ring (bicyclic) bond motifs is 1. The Kier molecular flexibility index (Phi) is 5.08. The normalized spacial score (nSPS) is 10.3. The molecule has 0 radical (unpaired) electrons. The molecule has 7 nitrogen and oxygen atoms in total. The molecule has 27 heavy (non-hydrogen) atoms. The summed E-state index contributed by atoms with van der Waals surface area (Å²) in [5.74, 6) is -0.627. The third-order valence-electron chi connectivity index (χ3n) is 3.98. The minimum absolute atomic E-state index is 0.0310. The molecule has 7 heteroatoms. The lowest BCUT2D eigenvalue weighted by Crippen LogP contribution is -2.21. The first-order chi connectivity index (χ1) is 13.0. The Labute approximate surface area is 155 Å². The molecular formula is C20H16N2O5. The molecule has 2 aromatic carbocycles. The first-order valence-electron chi connectivity index (χ1n) is 8.06. The summed E-state index contributed by atoms with van der Waals surface area (Å²) in [6.07, 6.45) is 0. The lowest BCUT2D eigenvalue weighted by molar-refractivity contribution is -0.119. The summed E-state index contributed by atoms with van der Waals surface area (Å²) in [5, 5.41) is 12.3. The number of hydrogen-bond donors (Lipinski definition) is 1. The van der Waals surface area contributed by atoms with Crippen LogP contribution in [-0.4, -0.2) is 25.6 Å². The number of furan rings is 1. The Morgan fingerprint density at radius 3 is 2.74 bits per heavy atom. The second-order valence-corrected chi connectivity index (χ2v) is 5.70. The van der Waals surface area contributed by atoms with E-state index >= 15 is 0 Å². The van der Waals surface area contributed by atoms with Crippen LogP contribution in [0.3, 0.4) is 0 Å². The van der Waals surface area contributed by atoms with Crippen molar-refractivity contribution < 1.29 is 23.5 Å². The summed E-state index contributed by atoms with van der Waals surface area (Å²) in [4.78, 5) is 24.3. The fourth-order valence-electron chi connectivity index (χ4n) is 2.59. The van der Waals surface area contributed by atoms with Crippen molar-refractivity contribution in [3.63, 3.8) is 0 Å².